The fraction of sp³-hybridized carbons (Fsp3) is 0.432. The number of thioether (sulfide) groups is 2. The Bertz CT molecular complexity index is 4890. The molecule has 6 aromatic heterocycles. The van der Waals surface area contributed by atoms with Crippen LogP contribution >= 0.6 is 93.1 Å². The minimum absolute atomic E-state index is 0.0369. The van der Waals surface area contributed by atoms with E-state index >= 15 is 0 Å². The maximum Gasteiger partial charge on any atom is 0.358 e. The van der Waals surface area contributed by atoms with Crippen LogP contribution in [0.25, 0.3) is 0 Å². The zero-order chi connectivity index (χ0) is 96.3. The number of hydrazone groups is 3. The van der Waals surface area contributed by atoms with Crippen molar-refractivity contribution in [2.75, 3.05) is 151 Å². The number of nitro groups is 5. The molecule has 0 spiro atoms. The van der Waals surface area contributed by atoms with Crippen LogP contribution in [0.2, 0.25) is 30.9 Å². The van der Waals surface area contributed by atoms with Gasteiger partial charge in [-0.2, -0.15) is 5.26 Å². The Kier molecular flexibility index (Phi) is 55.3. The number of aromatic nitrogens is 6. The van der Waals surface area contributed by atoms with Gasteiger partial charge in [0.05, 0.1) is 58.5 Å². The monoisotopic (exact) mass is 1980 g/mol. The second kappa shape index (κ2) is 64.6. The number of nitrogens with one attached hydrogen (secondary N) is 4. The standard InChI is InChI=1S/C15H19ClN6O3.C14H20ClN5O2S.C14H17ClN4O3.C14H19ClN4O2S.C13H16ClN5O3.C11H12ClN3OS/c1-3-6-20(10-13-4-5-14(16)17-9-13)7-8-21-12-25-11-19(2)15(21)18-22(23)24;1-23-14(18-20(21)22)16-6-7-19(9-11-2-3-11)10-12-4-5-13(15)17-8-12;2*1-3-7-18(10-12-4-5-13(15)17-9-12)8-6-16-14(22-2)11-19(20)21;1-3-7-18(10-11-4-5-12(14)16-9-11)8-6-15-13(22-2)17-19(20)21;12-11-4-3-9(7-14-11)6-10-2-1-5-17(10,16)15-8-13/h1,4-5,9H,6-8,10-12H2,2H3;4-5,8,11H,2-3,6-7,9-10H2,1H3,(H,16,18);1,4-5,9,11,16H,6-8,10H2,2H3;3-5,9,11,16H,1,6-8,10H2,2H3;1,4-5,9H,6-8,10H2,2H3,(H,15,17);3-4,7,10H,1-2,5-6H2/b18-15+;;2*14-11-;;. The normalized spacial score (nSPS) is 15.0. The third-order valence-corrected chi connectivity index (χ3v) is 23.3. The van der Waals surface area contributed by atoms with E-state index in [0.717, 1.165) is 97.3 Å². The van der Waals surface area contributed by atoms with Gasteiger partial charge in [-0.25, -0.2) is 64.5 Å². The van der Waals surface area contributed by atoms with Gasteiger partial charge < -0.3 is 45.3 Å². The van der Waals surface area contributed by atoms with Crippen molar-refractivity contribution in [1.82, 2.24) is 85.5 Å². The van der Waals surface area contributed by atoms with Crippen molar-refractivity contribution >= 4 is 120 Å². The molecule has 2 unspecified atom stereocenters. The lowest BCUT2D eigenvalue weighted by Gasteiger charge is -2.35. The predicted molar refractivity (Wildman–Crippen MR) is 511 cm³/mol. The summed E-state index contributed by atoms with van der Waals surface area (Å²) in [6.45, 7) is 16.4. The van der Waals surface area contributed by atoms with Crippen LogP contribution in [0.15, 0.2) is 166 Å². The molecule has 706 valence electrons. The number of pyridine rings is 6. The highest BCUT2D eigenvalue weighted by Crippen LogP contribution is 2.30. The van der Waals surface area contributed by atoms with Crippen LogP contribution in [0, 0.1) is 105 Å². The molecule has 8 heterocycles. The van der Waals surface area contributed by atoms with Gasteiger partial charge in [0.2, 0.25) is 11.4 Å². The Morgan fingerprint density at radius 1 is 0.580 bits per heavy atom. The third-order valence-electron chi connectivity index (χ3n) is 17.9. The van der Waals surface area contributed by atoms with Gasteiger partial charge in [0.1, 0.15) is 59.6 Å². The molecule has 50 heteroatoms. The highest BCUT2D eigenvalue weighted by atomic mass is 35.5. The summed E-state index contributed by atoms with van der Waals surface area (Å²) in [7, 11) is 2.00. The van der Waals surface area contributed by atoms with Crippen molar-refractivity contribution in [2.24, 2.45) is 25.6 Å². The van der Waals surface area contributed by atoms with Crippen LogP contribution in [0.1, 0.15) is 59.1 Å². The van der Waals surface area contributed by atoms with Gasteiger partial charge >= 0.3 is 6.02 Å². The number of terminal acetylenes is 3. The second-order valence-corrected chi connectivity index (χ2v) is 34.5. The van der Waals surface area contributed by atoms with Gasteiger partial charge in [0.15, 0.2) is 15.1 Å². The first kappa shape index (κ1) is 112. The maximum absolute atomic E-state index is 12.4. The number of hydrogen-bond donors (Lipinski definition) is 4. The molecule has 0 radical (unpaired) electrons. The number of ether oxygens (including phenoxy) is 3. The summed E-state index contributed by atoms with van der Waals surface area (Å²) >= 11 is 37.1. The van der Waals surface area contributed by atoms with Gasteiger partial charge in [-0.3, -0.25) is 44.7 Å². The van der Waals surface area contributed by atoms with Crippen LogP contribution in [0.5, 0.6) is 0 Å². The van der Waals surface area contributed by atoms with E-state index < -0.39 is 34.7 Å². The van der Waals surface area contributed by atoms with E-state index in [0.29, 0.717) is 151 Å². The lowest BCUT2D eigenvalue weighted by Crippen LogP contribution is -2.52. The first-order valence-electron chi connectivity index (χ1n) is 39.7. The average Bonchev–Trinajstić information content (AvgIpc) is 1.69. The van der Waals surface area contributed by atoms with Crippen LogP contribution in [-0.2, 0) is 63.1 Å². The van der Waals surface area contributed by atoms with E-state index in [1.54, 1.807) is 109 Å². The molecule has 0 bridgehead atoms. The Labute approximate surface area is 799 Å². The number of amidine groups is 2. The molecule has 2 atom stereocenters. The lowest BCUT2D eigenvalue weighted by molar-refractivity contribution is -0.486. The molecule has 2 saturated heterocycles. The van der Waals surface area contributed by atoms with Gasteiger partial charge in [-0.15, -0.1) is 42.0 Å². The van der Waals surface area contributed by atoms with Crippen LogP contribution in [-0.4, -0.2) is 267 Å². The molecule has 6 aromatic rings. The first-order chi connectivity index (χ1) is 62.8. The maximum atomic E-state index is 12.4. The van der Waals surface area contributed by atoms with E-state index in [4.69, 9.17) is 108 Å². The molecule has 131 heavy (non-hydrogen) atoms. The Morgan fingerprint density at radius 2 is 1.01 bits per heavy atom. The van der Waals surface area contributed by atoms with E-state index in [1.165, 1.54) is 50.6 Å². The molecule has 0 aromatic carbocycles. The van der Waals surface area contributed by atoms with Gasteiger partial charge in [0, 0.05) is 166 Å². The van der Waals surface area contributed by atoms with Crippen molar-refractivity contribution < 1.29 is 43.4 Å². The zero-order valence-electron chi connectivity index (χ0n) is 72.5. The van der Waals surface area contributed by atoms with Crippen LogP contribution in [0.4, 0.5) is 0 Å². The van der Waals surface area contributed by atoms with Gasteiger partial charge in [-0.1, -0.05) is 142 Å². The number of rotatable bonds is 43. The topological polar surface area (TPSA) is 482 Å². The fourth-order valence-electron chi connectivity index (χ4n) is 11.8. The average molecular weight is 1990 g/mol. The Balaban J connectivity index is 0.000000330. The SMILES string of the molecule is C#CCN(CCN/C(=C/[N+](=O)[O-])OC)Cc1ccc(Cl)nc1.C#CCN(CCN/C(=N/[N+](=O)[O-])OC)Cc1ccc(Cl)nc1.C#CCN(CCN1COCN(C)/C1=N\[N+](=O)[O-])Cc1ccc(Cl)nc1.C=CCN(CCN/C(=C/[N+](=O)[O-])SC)Cc1ccc(Cl)nc1.CS/C(=N\[N+](=O)[O-])NCCN(Cc1ccc(Cl)nc1)CC1CC1.N#CN=S1(=O)CCCC1Cc1ccc(Cl)nc1. The minimum Gasteiger partial charge on any atom is -0.478 e. The predicted octanol–water partition coefficient (Wildman–Crippen LogP) is 10.9. The van der Waals surface area contributed by atoms with E-state index in [9.17, 15) is 54.8 Å². The molecule has 3 aliphatic rings. The highest BCUT2D eigenvalue weighted by molar-refractivity contribution is 8.13. The summed E-state index contributed by atoms with van der Waals surface area (Å²) in [5.41, 5.74) is 6.07. The van der Waals surface area contributed by atoms with E-state index in [1.807, 2.05) is 57.2 Å². The Hall–Kier alpha value is -11.2. The summed E-state index contributed by atoms with van der Waals surface area (Å²) in [5.74, 6) is 9.43. The number of hydrogen-bond acceptors (Lipinski definition) is 31. The number of nitrogens with zero attached hydrogens (tertiary/aromatic N) is 23. The second-order valence-electron chi connectivity index (χ2n) is 27.9. The third kappa shape index (κ3) is 50.2. The van der Waals surface area contributed by atoms with E-state index in [-0.39, 0.29) is 36.6 Å². The number of methoxy groups -OCH3 is 2. The summed E-state index contributed by atoms with van der Waals surface area (Å²) in [5, 5.41) is 83.6. The van der Waals surface area contributed by atoms with Crippen molar-refractivity contribution in [3.8, 4) is 43.2 Å². The molecular formula is C81H103Cl6N27O14S3. The quantitative estimate of drug-likeness (QED) is 0.00318. The molecule has 1 aliphatic carbocycles. The molecule has 4 N–H and O–H groups in total. The largest absolute Gasteiger partial charge is 0.478 e. The molecule has 3 fully saturated rings. The molecule has 1 saturated carbocycles. The van der Waals surface area contributed by atoms with Crippen molar-refractivity contribution in [1.29, 1.82) is 5.26 Å². The van der Waals surface area contributed by atoms with Crippen LogP contribution < -0.4 is 21.3 Å². The highest BCUT2D eigenvalue weighted by Gasteiger charge is 2.31. The summed E-state index contributed by atoms with van der Waals surface area (Å²) in [6.07, 6.45) is 40.2. The molecule has 9 rings (SSSR count). The van der Waals surface area contributed by atoms with Gasteiger partial charge in [0.25, 0.3) is 24.2 Å². The number of halogens is 6. The summed E-state index contributed by atoms with van der Waals surface area (Å²) in [6, 6.07) is 21.7. The first-order valence-corrected chi connectivity index (χ1v) is 46.1. The smallest absolute Gasteiger partial charge is 0.358 e. The lowest BCUT2D eigenvalue weighted by atomic mass is 10.1. The molecule has 0 amide bonds. The van der Waals surface area contributed by atoms with Crippen molar-refractivity contribution in [3.05, 3.63) is 261 Å². The van der Waals surface area contributed by atoms with Crippen molar-refractivity contribution in [3.63, 3.8) is 0 Å². The number of nitriles is 1. The summed E-state index contributed by atoms with van der Waals surface area (Å²) < 4.78 is 31.0. The molecular weight excluding hydrogens is 1880 g/mol. The van der Waals surface area contributed by atoms with E-state index in [2.05, 4.69) is 105 Å². The summed E-state index contributed by atoms with van der Waals surface area (Å²) in [4.78, 5) is 89.3. The van der Waals surface area contributed by atoms with Gasteiger partial charge in [-0.05, 0) is 120 Å². The minimum atomic E-state index is -2.35. The zero-order valence-corrected chi connectivity index (χ0v) is 79.5. The fourth-order valence-corrected chi connectivity index (χ4v) is 15.6. The molecule has 2 aliphatic heterocycles. The molecule has 41 nitrogen and oxygen atoms in total. The van der Waals surface area contributed by atoms with Crippen molar-refractivity contribution in [2.45, 2.75) is 70.1 Å². The Morgan fingerprint density at radius 3 is 1.40 bits per heavy atom. The number of guanidine groups is 1. The van der Waals surface area contributed by atoms with Crippen LogP contribution in [0.3, 0.4) is 0 Å².